The average molecular weight is 248 g/mol. The number of hydrogen-bond donors (Lipinski definition) is 1. The highest BCUT2D eigenvalue weighted by atomic mass is 35.5. The number of benzene rings is 1. The molecule has 3 nitrogen and oxygen atoms in total. The summed E-state index contributed by atoms with van der Waals surface area (Å²) in [5.41, 5.74) is 2.17. The van der Waals surface area contributed by atoms with Gasteiger partial charge in [0, 0.05) is 24.0 Å². The number of aromatic nitrogens is 2. The van der Waals surface area contributed by atoms with Crippen LogP contribution in [0.5, 0.6) is 0 Å². The van der Waals surface area contributed by atoms with Gasteiger partial charge in [0.25, 0.3) is 0 Å². The van der Waals surface area contributed by atoms with Crippen molar-refractivity contribution in [2.45, 2.75) is 13.3 Å². The number of aryl methyl sites for hydroxylation is 1. The van der Waals surface area contributed by atoms with E-state index >= 15 is 0 Å². The molecule has 0 saturated heterocycles. The number of nitrogens with zero attached hydrogens (tertiary/aromatic N) is 2. The van der Waals surface area contributed by atoms with Crippen molar-refractivity contribution < 1.29 is 0 Å². The van der Waals surface area contributed by atoms with E-state index in [1.807, 2.05) is 31.2 Å². The van der Waals surface area contributed by atoms with Crippen LogP contribution in [0, 0.1) is 6.92 Å². The van der Waals surface area contributed by atoms with Crippen LogP contribution in [-0.4, -0.2) is 16.5 Å². The van der Waals surface area contributed by atoms with Crippen molar-refractivity contribution in [2.75, 3.05) is 11.9 Å². The molecule has 1 N–H and O–H groups in total. The normalized spacial score (nSPS) is 10.2. The molecular weight excluding hydrogens is 234 g/mol. The summed E-state index contributed by atoms with van der Waals surface area (Å²) in [5, 5.41) is 4.04. The Morgan fingerprint density at radius 1 is 1.12 bits per heavy atom. The first-order valence-electron chi connectivity index (χ1n) is 5.51. The first-order valence-corrected chi connectivity index (χ1v) is 5.89. The van der Waals surface area contributed by atoms with Crippen LogP contribution in [0.1, 0.15) is 11.3 Å². The van der Waals surface area contributed by atoms with Crippen LogP contribution in [0.4, 0.5) is 5.82 Å². The maximum Gasteiger partial charge on any atom is 0.147 e. The molecule has 0 aliphatic heterocycles. The molecule has 0 spiro atoms. The zero-order valence-corrected chi connectivity index (χ0v) is 10.4. The fraction of sp³-hybridized carbons (Fsp3) is 0.231. The third kappa shape index (κ3) is 3.43. The lowest BCUT2D eigenvalue weighted by molar-refractivity contribution is 0.987. The molecule has 1 heterocycles. The maximum absolute atomic E-state index is 5.83. The van der Waals surface area contributed by atoms with Gasteiger partial charge < -0.3 is 5.32 Å². The topological polar surface area (TPSA) is 37.8 Å². The second-order valence-corrected chi connectivity index (χ2v) is 4.23. The van der Waals surface area contributed by atoms with Gasteiger partial charge in [0.2, 0.25) is 0 Å². The van der Waals surface area contributed by atoms with Gasteiger partial charge in [0.05, 0.1) is 5.69 Å². The lowest BCUT2D eigenvalue weighted by atomic mass is 10.1. The summed E-state index contributed by atoms with van der Waals surface area (Å²) in [6.07, 6.45) is 4.32. The summed E-state index contributed by atoms with van der Waals surface area (Å²) < 4.78 is 0. The Balaban J connectivity index is 1.88. The molecule has 1 aromatic heterocycles. The van der Waals surface area contributed by atoms with E-state index in [9.17, 15) is 0 Å². The Kier molecular flexibility index (Phi) is 3.94. The molecule has 0 amide bonds. The van der Waals surface area contributed by atoms with Crippen molar-refractivity contribution >= 4 is 17.4 Å². The molecule has 0 aliphatic rings. The van der Waals surface area contributed by atoms with Gasteiger partial charge in [0.15, 0.2) is 0 Å². The predicted octanol–water partition coefficient (Wildman–Crippen LogP) is 3.09. The van der Waals surface area contributed by atoms with Crippen molar-refractivity contribution in [3.63, 3.8) is 0 Å². The zero-order valence-electron chi connectivity index (χ0n) is 9.65. The molecule has 17 heavy (non-hydrogen) atoms. The Bertz CT molecular complexity index is 482. The predicted molar refractivity (Wildman–Crippen MR) is 70.4 cm³/mol. The molecule has 0 bridgehead atoms. The Labute approximate surface area is 106 Å². The highest BCUT2D eigenvalue weighted by Gasteiger charge is 1.99. The standard InChI is InChI=1S/C13H14ClN3/c1-10-13(17-9-8-15-10)16-7-6-11-2-4-12(14)5-3-11/h2-5,8-9H,6-7H2,1H3,(H,16,17). The lowest BCUT2D eigenvalue weighted by Crippen LogP contribution is -2.08. The Hall–Kier alpha value is -1.61. The van der Waals surface area contributed by atoms with E-state index in [1.54, 1.807) is 12.4 Å². The van der Waals surface area contributed by atoms with Crippen LogP contribution in [0.2, 0.25) is 5.02 Å². The van der Waals surface area contributed by atoms with Crippen molar-refractivity contribution in [1.29, 1.82) is 0 Å². The largest absolute Gasteiger partial charge is 0.368 e. The van der Waals surface area contributed by atoms with E-state index < -0.39 is 0 Å². The molecular formula is C13H14ClN3. The minimum atomic E-state index is 0.770. The quantitative estimate of drug-likeness (QED) is 0.902. The van der Waals surface area contributed by atoms with Crippen molar-refractivity contribution in [1.82, 2.24) is 9.97 Å². The SMILES string of the molecule is Cc1nccnc1NCCc1ccc(Cl)cc1. The maximum atomic E-state index is 5.83. The molecule has 0 fully saturated rings. The van der Waals surface area contributed by atoms with Crippen molar-refractivity contribution in [3.05, 3.63) is 52.9 Å². The second-order valence-electron chi connectivity index (χ2n) is 3.79. The summed E-state index contributed by atoms with van der Waals surface area (Å²) >= 11 is 5.83. The van der Waals surface area contributed by atoms with E-state index in [2.05, 4.69) is 15.3 Å². The van der Waals surface area contributed by atoms with E-state index in [-0.39, 0.29) is 0 Å². The van der Waals surface area contributed by atoms with E-state index in [1.165, 1.54) is 5.56 Å². The zero-order chi connectivity index (χ0) is 12.1. The highest BCUT2D eigenvalue weighted by Crippen LogP contribution is 2.10. The molecule has 0 aliphatic carbocycles. The van der Waals surface area contributed by atoms with Gasteiger partial charge in [-0.3, -0.25) is 4.98 Å². The Morgan fingerprint density at radius 3 is 2.53 bits per heavy atom. The van der Waals surface area contributed by atoms with Gasteiger partial charge in [0.1, 0.15) is 5.82 Å². The van der Waals surface area contributed by atoms with Crippen LogP contribution in [0.15, 0.2) is 36.7 Å². The highest BCUT2D eigenvalue weighted by molar-refractivity contribution is 6.30. The lowest BCUT2D eigenvalue weighted by Gasteiger charge is -2.07. The van der Waals surface area contributed by atoms with Gasteiger partial charge in [-0.25, -0.2) is 4.98 Å². The van der Waals surface area contributed by atoms with Gasteiger partial charge in [-0.2, -0.15) is 0 Å². The average Bonchev–Trinajstić information content (AvgIpc) is 2.34. The minimum Gasteiger partial charge on any atom is -0.368 e. The molecule has 0 atom stereocenters. The molecule has 1 aromatic carbocycles. The fourth-order valence-electron chi connectivity index (χ4n) is 1.56. The van der Waals surface area contributed by atoms with Crippen LogP contribution in [0.25, 0.3) is 0 Å². The smallest absolute Gasteiger partial charge is 0.147 e. The Morgan fingerprint density at radius 2 is 1.82 bits per heavy atom. The first-order chi connectivity index (χ1) is 8.25. The summed E-state index contributed by atoms with van der Waals surface area (Å²) in [6, 6.07) is 7.88. The summed E-state index contributed by atoms with van der Waals surface area (Å²) in [5.74, 6) is 0.849. The number of nitrogens with one attached hydrogen (secondary N) is 1. The molecule has 4 heteroatoms. The van der Waals surface area contributed by atoms with E-state index in [0.717, 1.165) is 29.5 Å². The van der Waals surface area contributed by atoms with Crippen molar-refractivity contribution in [3.8, 4) is 0 Å². The molecule has 2 rings (SSSR count). The third-order valence-electron chi connectivity index (χ3n) is 2.50. The van der Waals surface area contributed by atoms with Crippen LogP contribution in [0.3, 0.4) is 0 Å². The van der Waals surface area contributed by atoms with Gasteiger partial charge in [-0.1, -0.05) is 23.7 Å². The fourth-order valence-corrected chi connectivity index (χ4v) is 1.68. The number of halogens is 1. The minimum absolute atomic E-state index is 0.770. The molecule has 0 saturated carbocycles. The number of anilines is 1. The van der Waals surface area contributed by atoms with E-state index in [4.69, 9.17) is 11.6 Å². The first kappa shape index (κ1) is 11.9. The molecule has 2 aromatic rings. The number of rotatable bonds is 4. The van der Waals surface area contributed by atoms with Crippen molar-refractivity contribution in [2.24, 2.45) is 0 Å². The number of hydrogen-bond acceptors (Lipinski definition) is 3. The molecule has 0 unspecified atom stereocenters. The summed E-state index contributed by atoms with van der Waals surface area (Å²) in [7, 11) is 0. The molecule has 88 valence electrons. The van der Waals surface area contributed by atoms with Crippen LogP contribution < -0.4 is 5.32 Å². The van der Waals surface area contributed by atoms with Crippen LogP contribution >= 0.6 is 11.6 Å². The summed E-state index contributed by atoms with van der Waals surface area (Å²) in [6.45, 7) is 2.78. The summed E-state index contributed by atoms with van der Waals surface area (Å²) in [4.78, 5) is 8.40. The van der Waals surface area contributed by atoms with Crippen LogP contribution in [-0.2, 0) is 6.42 Å². The molecule has 0 radical (unpaired) electrons. The van der Waals surface area contributed by atoms with Gasteiger partial charge >= 0.3 is 0 Å². The van der Waals surface area contributed by atoms with Gasteiger partial charge in [-0.15, -0.1) is 0 Å². The third-order valence-corrected chi connectivity index (χ3v) is 2.75. The second kappa shape index (κ2) is 5.64. The van der Waals surface area contributed by atoms with E-state index in [0.29, 0.717) is 0 Å². The van der Waals surface area contributed by atoms with Gasteiger partial charge in [-0.05, 0) is 31.0 Å². The monoisotopic (exact) mass is 247 g/mol.